The van der Waals surface area contributed by atoms with Crippen LogP contribution in [0.5, 0.6) is 5.75 Å². The van der Waals surface area contributed by atoms with E-state index in [4.69, 9.17) is 9.47 Å². The van der Waals surface area contributed by atoms with Crippen LogP contribution in [-0.4, -0.2) is 60.6 Å². The van der Waals surface area contributed by atoms with Gasteiger partial charge in [-0.2, -0.15) is 4.31 Å². The van der Waals surface area contributed by atoms with E-state index in [0.717, 1.165) is 12.1 Å². The minimum Gasteiger partial charge on any atom is -0.492 e. The number of hydrogen-bond donors (Lipinski definition) is 1. The van der Waals surface area contributed by atoms with Crippen molar-refractivity contribution in [3.63, 3.8) is 0 Å². The Kier molecular flexibility index (Phi) is 6.85. The Morgan fingerprint density at radius 3 is 2.14 bits per heavy atom. The van der Waals surface area contributed by atoms with Crippen molar-refractivity contribution >= 4 is 20.0 Å². The first-order valence-corrected chi connectivity index (χ1v) is 11.8. The molecule has 1 aliphatic rings. The van der Waals surface area contributed by atoms with Crippen molar-refractivity contribution in [3.8, 4) is 5.75 Å². The number of halogens is 1. The van der Waals surface area contributed by atoms with E-state index in [-0.39, 0.29) is 22.9 Å². The lowest BCUT2D eigenvalue weighted by atomic mass is 10.3. The van der Waals surface area contributed by atoms with Crippen LogP contribution < -0.4 is 9.46 Å². The fraction of sp³-hybridized carbons (Fsp3) is 0.333. The summed E-state index contributed by atoms with van der Waals surface area (Å²) in [5.74, 6) is -0.113. The molecule has 0 atom stereocenters. The van der Waals surface area contributed by atoms with Crippen molar-refractivity contribution < 1.29 is 30.7 Å². The molecular formula is C18H21FN2O6S2. The van der Waals surface area contributed by atoms with E-state index in [1.807, 2.05) is 0 Å². The Hall–Kier alpha value is -2.05. The molecule has 0 aromatic heterocycles. The number of nitrogens with zero attached hydrogens (tertiary/aromatic N) is 1. The second kappa shape index (κ2) is 9.18. The van der Waals surface area contributed by atoms with Gasteiger partial charge in [0.05, 0.1) is 23.0 Å². The monoisotopic (exact) mass is 444 g/mol. The molecule has 0 saturated carbocycles. The van der Waals surface area contributed by atoms with Crippen LogP contribution in [0.25, 0.3) is 0 Å². The number of sulfonamides is 2. The zero-order valence-electron chi connectivity index (χ0n) is 15.5. The second-order valence-electron chi connectivity index (χ2n) is 6.19. The molecule has 0 aliphatic carbocycles. The molecule has 0 unspecified atom stereocenters. The highest BCUT2D eigenvalue weighted by Crippen LogP contribution is 2.20. The summed E-state index contributed by atoms with van der Waals surface area (Å²) in [4.78, 5) is 0.111. The zero-order valence-corrected chi connectivity index (χ0v) is 17.1. The Morgan fingerprint density at radius 1 is 0.931 bits per heavy atom. The minimum atomic E-state index is -3.76. The molecule has 1 aliphatic heterocycles. The maximum Gasteiger partial charge on any atom is 0.243 e. The number of benzene rings is 2. The molecule has 3 rings (SSSR count). The molecule has 0 bridgehead atoms. The first-order chi connectivity index (χ1) is 13.8. The Bertz CT molecular complexity index is 1020. The van der Waals surface area contributed by atoms with Gasteiger partial charge in [-0.3, -0.25) is 0 Å². The number of rotatable bonds is 8. The molecule has 0 radical (unpaired) electrons. The first kappa shape index (κ1) is 21.7. The van der Waals surface area contributed by atoms with Gasteiger partial charge >= 0.3 is 0 Å². The van der Waals surface area contributed by atoms with Crippen molar-refractivity contribution in [2.24, 2.45) is 0 Å². The Morgan fingerprint density at radius 2 is 1.52 bits per heavy atom. The SMILES string of the molecule is O=S(=O)(NCCOc1ccc(S(=O)(=O)N2CCOCC2)cc1)c1ccc(F)cc1. The van der Waals surface area contributed by atoms with Crippen LogP contribution in [0, 0.1) is 5.82 Å². The van der Waals surface area contributed by atoms with Gasteiger partial charge in [0.15, 0.2) is 0 Å². The number of hydrogen-bond acceptors (Lipinski definition) is 6. The van der Waals surface area contributed by atoms with E-state index < -0.39 is 25.9 Å². The lowest BCUT2D eigenvalue weighted by molar-refractivity contribution is 0.0730. The van der Waals surface area contributed by atoms with E-state index in [9.17, 15) is 21.2 Å². The van der Waals surface area contributed by atoms with Gasteiger partial charge in [0, 0.05) is 19.6 Å². The van der Waals surface area contributed by atoms with Gasteiger partial charge in [0.1, 0.15) is 18.2 Å². The van der Waals surface area contributed by atoms with Crippen LogP contribution in [0.15, 0.2) is 58.3 Å². The van der Waals surface area contributed by atoms with Crippen molar-refractivity contribution in [2.45, 2.75) is 9.79 Å². The van der Waals surface area contributed by atoms with Gasteiger partial charge in [-0.25, -0.2) is 25.9 Å². The maximum absolute atomic E-state index is 12.9. The summed E-state index contributed by atoms with van der Waals surface area (Å²) in [6, 6.07) is 10.4. The predicted octanol–water partition coefficient (Wildman–Crippen LogP) is 1.20. The van der Waals surface area contributed by atoms with Crippen molar-refractivity contribution in [2.75, 3.05) is 39.5 Å². The molecule has 1 fully saturated rings. The molecule has 29 heavy (non-hydrogen) atoms. The van der Waals surface area contributed by atoms with Gasteiger partial charge in [-0.1, -0.05) is 0 Å². The van der Waals surface area contributed by atoms with Gasteiger partial charge in [0.25, 0.3) is 0 Å². The topological polar surface area (TPSA) is 102 Å². The van der Waals surface area contributed by atoms with Crippen LogP contribution in [-0.2, 0) is 24.8 Å². The van der Waals surface area contributed by atoms with Gasteiger partial charge in [0.2, 0.25) is 20.0 Å². The minimum absolute atomic E-state index is 0.00641. The van der Waals surface area contributed by atoms with E-state index >= 15 is 0 Å². The highest BCUT2D eigenvalue weighted by molar-refractivity contribution is 7.89. The summed E-state index contributed by atoms with van der Waals surface area (Å²) in [5, 5.41) is 0. The standard InChI is InChI=1S/C18H21FN2O6S2/c19-15-1-5-17(6-2-15)28(22,23)20-9-12-27-16-3-7-18(8-4-16)29(24,25)21-10-13-26-14-11-21/h1-8,20H,9-14H2. The summed E-state index contributed by atoms with van der Waals surface area (Å²) in [7, 11) is -7.34. The molecule has 0 amide bonds. The quantitative estimate of drug-likeness (QED) is 0.614. The van der Waals surface area contributed by atoms with Crippen LogP contribution in [0.2, 0.25) is 0 Å². The van der Waals surface area contributed by atoms with Crippen molar-refractivity contribution in [1.82, 2.24) is 9.03 Å². The molecule has 1 heterocycles. The average molecular weight is 445 g/mol. The fourth-order valence-electron chi connectivity index (χ4n) is 2.69. The molecule has 1 N–H and O–H groups in total. The third kappa shape index (κ3) is 5.52. The second-order valence-corrected chi connectivity index (χ2v) is 9.89. The maximum atomic E-state index is 12.9. The fourth-order valence-corrected chi connectivity index (χ4v) is 5.11. The number of morpholine rings is 1. The molecule has 0 spiro atoms. The summed E-state index contributed by atoms with van der Waals surface area (Å²) < 4.78 is 76.5. The summed E-state index contributed by atoms with van der Waals surface area (Å²) >= 11 is 0. The third-order valence-corrected chi connectivity index (χ3v) is 7.61. The van der Waals surface area contributed by atoms with Crippen LogP contribution in [0.1, 0.15) is 0 Å². The van der Waals surface area contributed by atoms with Gasteiger partial charge in [-0.05, 0) is 48.5 Å². The normalized spacial score (nSPS) is 15.9. The van der Waals surface area contributed by atoms with Crippen LogP contribution in [0.3, 0.4) is 0 Å². The first-order valence-electron chi connectivity index (χ1n) is 8.85. The van der Waals surface area contributed by atoms with Gasteiger partial charge in [-0.15, -0.1) is 0 Å². The largest absolute Gasteiger partial charge is 0.492 e. The molecule has 2 aromatic carbocycles. The molecule has 158 valence electrons. The smallest absolute Gasteiger partial charge is 0.243 e. The van der Waals surface area contributed by atoms with Crippen molar-refractivity contribution in [3.05, 3.63) is 54.3 Å². The van der Waals surface area contributed by atoms with E-state index in [0.29, 0.717) is 32.1 Å². The molecule has 1 saturated heterocycles. The van der Waals surface area contributed by atoms with Gasteiger partial charge < -0.3 is 9.47 Å². The number of ether oxygens (including phenoxy) is 2. The summed E-state index contributed by atoms with van der Waals surface area (Å²) in [5.41, 5.74) is 0. The molecule has 11 heteroatoms. The zero-order chi connectivity index (χ0) is 20.9. The van der Waals surface area contributed by atoms with E-state index in [2.05, 4.69) is 4.72 Å². The molecular weight excluding hydrogens is 423 g/mol. The lowest BCUT2D eigenvalue weighted by Gasteiger charge is -2.26. The average Bonchev–Trinajstić information content (AvgIpc) is 2.72. The van der Waals surface area contributed by atoms with E-state index in [1.54, 1.807) is 0 Å². The lowest BCUT2D eigenvalue weighted by Crippen LogP contribution is -2.40. The third-order valence-electron chi connectivity index (χ3n) is 4.22. The predicted molar refractivity (Wildman–Crippen MR) is 103 cm³/mol. The van der Waals surface area contributed by atoms with Crippen LogP contribution in [0.4, 0.5) is 4.39 Å². The highest BCUT2D eigenvalue weighted by atomic mass is 32.2. The summed E-state index contributed by atoms with van der Waals surface area (Å²) in [6.45, 7) is 1.40. The van der Waals surface area contributed by atoms with Crippen molar-refractivity contribution in [1.29, 1.82) is 0 Å². The number of nitrogens with one attached hydrogen (secondary N) is 1. The Labute approximate surface area is 169 Å². The Balaban J connectivity index is 1.52. The van der Waals surface area contributed by atoms with Crippen LogP contribution >= 0.6 is 0 Å². The molecule has 2 aromatic rings. The highest BCUT2D eigenvalue weighted by Gasteiger charge is 2.26. The van der Waals surface area contributed by atoms with E-state index in [1.165, 1.54) is 40.7 Å². The molecule has 8 nitrogen and oxygen atoms in total. The summed E-state index contributed by atoms with van der Waals surface area (Å²) in [6.07, 6.45) is 0.